The molecular formula is C17H16FNO2. The zero-order chi connectivity index (χ0) is 15.0. The van der Waals surface area contributed by atoms with Gasteiger partial charge in [0.15, 0.2) is 6.10 Å². The number of para-hydroxylation sites is 1. The van der Waals surface area contributed by atoms with Crippen LogP contribution in [0.25, 0.3) is 0 Å². The second kappa shape index (κ2) is 5.20. The molecule has 2 aromatic rings. The third-order valence-corrected chi connectivity index (χ3v) is 3.75. The van der Waals surface area contributed by atoms with Crippen LogP contribution in [0.15, 0.2) is 42.5 Å². The molecule has 0 aliphatic carbocycles. The number of nitrogens with zero attached hydrogens (tertiary/aromatic N) is 1. The van der Waals surface area contributed by atoms with Crippen molar-refractivity contribution in [3.05, 3.63) is 59.4 Å². The number of carbonyl (C=O) groups is 1. The van der Waals surface area contributed by atoms with Crippen molar-refractivity contribution >= 4 is 11.6 Å². The molecule has 0 bridgehead atoms. The van der Waals surface area contributed by atoms with Crippen molar-refractivity contribution in [1.82, 2.24) is 0 Å². The van der Waals surface area contributed by atoms with E-state index in [2.05, 4.69) is 0 Å². The smallest absolute Gasteiger partial charge is 0.268 e. The quantitative estimate of drug-likeness (QED) is 0.803. The first kappa shape index (κ1) is 13.6. The molecule has 1 heterocycles. The number of benzene rings is 2. The van der Waals surface area contributed by atoms with Gasteiger partial charge in [0.25, 0.3) is 5.91 Å². The van der Waals surface area contributed by atoms with Crippen LogP contribution in [0.3, 0.4) is 0 Å². The van der Waals surface area contributed by atoms with Crippen molar-refractivity contribution in [3.8, 4) is 5.75 Å². The molecule has 0 spiro atoms. The predicted octanol–water partition coefficient (Wildman–Crippen LogP) is 3.45. The number of ether oxygens (including phenoxy) is 1. The van der Waals surface area contributed by atoms with Gasteiger partial charge in [-0.3, -0.25) is 4.79 Å². The van der Waals surface area contributed by atoms with Crippen molar-refractivity contribution in [3.63, 3.8) is 0 Å². The summed E-state index contributed by atoms with van der Waals surface area (Å²) in [6, 6.07) is 12.3. The minimum absolute atomic E-state index is 0.167. The van der Waals surface area contributed by atoms with Crippen LogP contribution in [-0.2, 0) is 11.3 Å². The average molecular weight is 285 g/mol. The molecule has 1 aliphatic rings. The predicted molar refractivity (Wildman–Crippen MR) is 78.9 cm³/mol. The molecule has 1 atom stereocenters. The Balaban J connectivity index is 2.09. The summed E-state index contributed by atoms with van der Waals surface area (Å²) >= 11 is 0. The number of fused-ring (bicyclic) bond motifs is 1. The summed E-state index contributed by atoms with van der Waals surface area (Å²) in [6.07, 6.45) is -0.601. The number of anilines is 1. The molecule has 3 rings (SSSR count). The van der Waals surface area contributed by atoms with E-state index in [0.717, 1.165) is 5.56 Å². The normalized spacial score (nSPS) is 18.0. The fourth-order valence-electron chi connectivity index (χ4n) is 2.55. The Morgan fingerprint density at radius 3 is 2.76 bits per heavy atom. The van der Waals surface area contributed by atoms with E-state index >= 15 is 0 Å². The zero-order valence-corrected chi connectivity index (χ0v) is 12.0. The summed E-state index contributed by atoms with van der Waals surface area (Å²) in [4.78, 5) is 14.1. The summed E-state index contributed by atoms with van der Waals surface area (Å²) in [5.74, 6) is 0.223. The van der Waals surface area contributed by atoms with Gasteiger partial charge in [0.05, 0.1) is 6.54 Å². The SMILES string of the molecule is Cc1c(F)cccc1N1Cc2ccccc2O[C@H](C)C1=O. The summed E-state index contributed by atoms with van der Waals surface area (Å²) in [6.45, 7) is 3.77. The van der Waals surface area contributed by atoms with E-state index in [1.807, 2.05) is 24.3 Å². The average Bonchev–Trinajstić information content (AvgIpc) is 2.60. The van der Waals surface area contributed by atoms with Crippen LogP contribution in [0.5, 0.6) is 5.75 Å². The molecule has 0 saturated heterocycles. The lowest BCUT2D eigenvalue weighted by Crippen LogP contribution is -2.38. The van der Waals surface area contributed by atoms with Crippen LogP contribution in [-0.4, -0.2) is 12.0 Å². The molecule has 3 nitrogen and oxygen atoms in total. The van der Waals surface area contributed by atoms with Gasteiger partial charge in [-0.05, 0) is 32.0 Å². The highest BCUT2D eigenvalue weighted by molar-refractivity contribution is 5.97. The molecule has 0 N–H and O–H groups in total. The monoisotopic (exact) mass is 285 g/mol. The summed E-state index contributed by atoms with van der Waals surface area (Å²) in [5.41, 5.74) is 1.98. The van der Waals surface area contributed by atoms with Gasteiger partial charge in [-0.25, -0.2) is 4.39 Å². The number of halogens is 1. The maximum Gasteiger partial charge on any atom is 0.268 e. The Morgan fingerprint density at radius 1 is 1.19 bits per heavy atom. The molecule has 4 heteroatoms. The van der Waals surface area contributed by atoms with E-state index in [-0.39, 0.29) is 11.7 Å². The molecule has 108 valence electrons. The first-order valence-electron chi connectivity index (χ1n) is 6.89. The van der Waals surface area contributed by atoms with E-state index in [1.165, 1.54) is 6.07 Å². The maximum atomic E-state index is 13.8. The van der Waals surface area contributed by atoms with Gasteiger partial charge >= 0.3 is 0 Å². The molecule has 0 unspecified atom stereocenters. The second-order valence-electron chi connectivity index (χ2n) is 5.18. The Kier molecular flexibility index (Phi) is 3.37. The van der Waals surface area contributed by atoms with Gasteiger partial charge < -0.3 is 9.64 Å². The first-order chi connectivity index (χ1) is 10.1. The van der Waals surface area contributed by atoms with Crippen LogP contribution >= 0.6 is 0 Å². The van der Waals surface area contributed by atoms with Crippen LogP contribution in [0.2, 0.25) is 0 Å². The van der Waals surface area contributed by atoms with E-state index in [1.54, 1.807) is 30.9 Å². The standard InChI is InChI=1S/C17H16FNO2/c1-11-14(18)7-5-8-15(11)19-10-13-6-3-4-9-16(13)21-12(2)17(19)20/h3-9,12H,10H2,1-2H3/t12-/m1/s1. The second-order valence-corrected chi connectivity index (χ2v) is 5.18. The third-order valence-electron chi connectivity index (χ3n) is 3.75. The molecule has 21 heavy (non-hydrogen) atoms. The highest BCUT2D eigenvalue weighted by atomic mass is 19.1. The van der Waals surface area contributed by atoms with Crippen molar-refractivity contribution in [2.75, 3.05) is 4.90 Å². The Labute approximate surface area is 123 Å². The highest BCUT2D eigenvalue weighted by Gasteiger charge is 2.29. The number of carbonyl (C=O) groups excluding carboxylic acids is 1. The molecular weight excluding hydrogens is 269 g/mol. The van der Waals surface area contributed by atoms with Crippen molar-refractivity contribution in [2.24, 2.45) is 0 Å². The van der Waals surface area contributed by atoms with Crippen molar-refractivity contribution in [2.45, 2.75) is 26.5 Å². The van der Waals surface area contributed by atoms with E-state index in [4.69, 9.17) is 4.74 Å². The Hall–Kier alpha value is -2.36. The highest BCUT2D eigenvalue weighted by Crippen LogP contribution is 2.31. The Morgan fingerprint density at radius 2 is 1.95 bits per heavy atom. The molecule has 1 aliphatic heterocycles. The number of rotatable bonds is 1. The lowest BCUT2D eigenvalue weighted by Gasteiger charge is -2.24. The summed E-state index contributed by atoms with van der Waals surface area (Å²) in [5, 5.41) is 0. The van der Waals surface area contributed by atoms with Crippen LogP contribution in [0.1, 0.15) is 18.1 Å². The van der Waals surface area contributed by atoms with Gasteiger partial charge in [0, 0.05) is 16.8 Å². The topological polar surface area (TPSA) is 29.5 Å². The summed E-state index contributed by atoms with van der Waals surface area (Å²) in [7, 11) is 0. The van der Waals surface area contributed by atoms with Gasteiger partial charge in [0.2, 0.25) is 0 Å². The minimum Gasteiger partial charge on any atom is -0.481 e. The molecule has 0 radical (unpaired) electrons. The fourth-order valence-corrected chi connectivity index (χ4v) is 2.55. The van der Waals surface area contributed by atoms with Crippen molar-refractivity contribution < 1.29 is 13.9 Å². The van der Waals surface area contributed by atoms with E-state index < -0.39 is 6.10 Å². The van der Waals surface area contributed by atoms with Gasteiger partial charge in [-0.1, -0.05) is 24.3 Å². The van der Waals surface area contributed by atoms with Crippen LogP contribution in [0.4, 0.5) is 10.1 Å². The maximum absolute atomic E-state index is 13.8. The van der Waals surface area contributed by atoms with Gasteiger partial charge in [-0.2, -0.15) is 0 Å². The first-order valence-corrected chi connectivity index (χ1v) is 6.89. The molecule has 1 amide bonds. The van der Waals surface area contributed by atoms with Gasteiger partial charge in [0.1, 0.15) is 11.6 Å². The van der Waals surface area contributed by atoms with E-state index in [0.29, 0.717) is 23.5 Å². The molecule has 0 saturated carbocycles. The lowest BCUT2D eigenvalue weighted by molar-refractivity contribution is -0.124. The summed E-state index contributed by atoms with van der Waals surface area (Å²) < 4.78 is 19.5. The fraction of sp³-hybridized carbons (Fsp3) is 0.235. The van der Waals surface area contributed by atoms with Crippen LogP contribution in [0, 0.1) is 12.7 Å². The van der Waals surface area contributed by atoms with E-state index in [9.17, 15) is 9.18 Å². The lowest BCUT2D eigenvalue weighted by atomic mass is 10.1. The molecule has 2 aromatic carbocycles. The zero-order valence-electron chi connectivity index (χ0n) is 12.0. The van der Waals surface area contributed by atoms with Crippen molar-refractivity contribution in [1.29, 1.82) is 0 Å². The van der Waals surface area contributed by atoms with Gasteiger partial charge in [-0.15, -0.1) is 0 Å². The largest absolute Gasteiger partial charge is 0.481 e. The Bertz CT molecular complexity index is 699. The number of hydrogen-bond acceptors (Lipinski definition) is 2. The third kappa shape index (κ3) is 2.37. The van der Waals surface area contributed by atoms with Crippen LogP contribution < -0.4 is 9.64 Å². The number of amides is 1. The molecule has 0 fully saturated rings. The number of hydrogen-bond donors (Lipinski definition) is 0. The molecule has 0 aromatic heterocycles. The minimum atomic E-state index is -0.601.